The van der Waals surface area contributed by atoms with Gasteiger partial charge in [0, 0.05) is 5.69 Å². The Morgan fingerprint density at radius 1 is 1.17 bits per heavy atom. The molecule has 2 N–H and O–H groups in total. The van der Waals surface area contributed by atoms with Crippen molar-refractivity contribution in [1.29, 1.82) is 5.26 Å². The minimum absolute atomic E-state index is 0.176. The van der Waals surface area contributed by atoms with Crippen molar-refractivity contribution >= 4 is 17.3 Å². The van der Waals surface area contributed by atoms with Crippen molar-refractivity contribution in [2.75, 3.05) is 11.9 Å². The topological polar surface area (TPSA) is 82.0 Å². The lowest BCUT2D eigenvalue weighted by molar-refractivity contribution is -0.145. The van der Waals surface area contributed by atoms with Crippen LogP contribution in [-0.4, -0.2) is 30.2 Å². The zero-order valence-electron chi connectivity index (χ0n) is 14.8. The van der Waals surface area contributed by atoms with Gasteiger partial charge in [-0.1, -0.05) is 27.7 Å². The Bertz CT molecular complexity index is 683. The van der Waals surface area contributed by atoms with Crippen LogP contribution in [-0.2, 0) is 16.0 Å². The molecule has 2 unspecified atom stereocenters. The molecule has 1 saturated carbocycles. The molecule has 1 aromatic rings. The Hall–Kier alpha value is -2.19. The van der Waals surface area contributed by atoms with Gasteiger partial charge in [-0.05, 0) is 48.6 Å². The number of hydrogen-bond acceptors (Lipinski definition) is 5. The number of carbonyl (C=O) groups excluding carboxylic acids is 2. The summed E-state index contributed by atoms with van der Waals surface area (Å²) in [6.07, 6.45) is 1.67. The first-order valence-corrected chi connectivity index (χ1v) is 8.38. The average Bonchev–Trinajstić information content (AvgIpc) is 2.55. The fraction of sp³-hybridized carbons (Fsp3) is 0.526. The quantitative estimate of drug-likeness (QED) is 0.784. The molecule has 5 nitrogen and oxygen atoms in total. The molecule has 1 aliphatic carbocycles. The molecular weight excluding hydrogens is 302 g/mol. The first kappa shape index (κ1) is 18.2. The lowest BCUT2D eigenvalue weighted by Gasteiger charge is -2.36. The molecule has 0 saturated heterocycles. The second kappa shape index (κ2) is 7.14. The average molecular weight is 327 g/mol. The van der Waals surface area contributed by atoms with Gasteiger partial charge in [-0.15, -0.1) is 0 Å². The van der Waals surface area contributed by atoms with Gasteiger partial charge in [0.05, 0.1) is 11.6 Å². The number of nitrogens with zero attached hydrogens (tertiary/aromatic N) is 1. The largest absolute Gasteiger partial charge is 0.373 e. The third-order valence-electron chi connectivity index (χ3n) is 4.31. The molecule has 128 valence electrons. The number of rotatable bonds is 6. The van der Waals surface area contributed by atoms with Crippen LogP contribution in [0.5, 0.6) is 0 Å². The summed E-state index contributed by atoms with van der Waals surface area (Å²) in [6.45, 7) is 9.11. The van der Waals surface area contributed by atoms with Crippen LogP contribution < -0.4 is 10.6 Å². The summed E-state index contributed by atoms with van der Waals surface area (Å²) in [5.74, 6) is -0.734. The number of nitriles is 1. The van der Waals surface area contributed by atoms with Gasteiger partial charge in [0.15, 0.2) is 0 Å². The minimum atomic E-state index is -0.532. The molecule has 2 atom stereocenters. The van der Waals surface area contributed by atoms with Gasteiger partial charge in [-0.3, -0.25) is 9.59 Å². The second-order valence-corrected chi connectivity index (χ2v) is 7.43. The highest BCUT2D eigenvalue weighted by Gasteiger charge is 2.49. The summed E-state index contributed by atoms with van der Waals surface area (Å²) in [6, 6.07) is 6.45. The van der Waals surface area contributed by atoms with Crippen molar-refractivity contribution in [3.8, 4) is 6.07 Å². The van der Waals surface area contributed by atoms with Crippen LogP contribution in [0.25, 0.3) is 0 Å². The summed E-state index contributed by atoms with van der Waals surface area (Å²) in [7, 11) is 0. The number of nitrogens with one attached hydrogen (secondary N) is 2. The normalized spacial score (nSPS) is 20.5. The standard InChI is InChI=1S/C19H25N3O2/c1-5-13-10-12(11-20)6-7-14(13)22-16-15(17(23)18(16)24)21-9-8-19(2,3)4/h6-7,10,15-16,21-22H,5,8-9H2,1-4H3. The molecule has 1 aromatic carbocycles. The Labute approximate surface area is 143 Å². The van der Waals surface area contributed by atoms with Crippen molar-refractivity contribution < 1.29 is 9.59 Å². The smallest absolute Gasteiger partial charge is 0.224 e. The van der Waals surface area contributed by atoms with E-state index in [2.05, 4.69) is 37.5 Å². The Balaban J connectivity index is 2.06. The van der Waals surface area contributed by atoms with Crippen LogP contribution in [0, 0.1) is 16.7 Å². The molecule has 0 spiro atoms. The molecule has 0 amide bonds. The van der Waals surface area contributed by atoms with Gasteiger partial charge in [-0.25, -0.2) is 0 Å². The van der Waals surface area contributed by atoms with Gasteiger partial charge in [0.1, 0.15) is 12.1 Å². The van der Waals surface area contributed by atoms with Crippen LogP contribution >= 0.6 is 0 Å². The third kappa shape index (κ3) is 4.01. The molecule has 1 aliphatic rings. The van der Waals surface area contributed by atoms with Crippen molar-refractivity contribution in [1.82, 2.24) is 5.32 Å². The molecule has 24 heavy (non-hydrogen) atoms. The first-order chi connectivity index (χ1) is 11.3. The highest BCUT2D eigenvalue weighted by atomic mass is 16.2. The second-order valence-electron chi connectivity index (χ2n) is 7.43. The van der Waals surface area contributed by atoms with Gasteiger partial charge < -0.3 is 10.6 Å². The van der Waals surface area contributed by atoms with E-state index < -0.39 is 12.1 Å². The van der Waals surface area contributed by atoms with Gasteiger partial charge in [0.2, 0.25) is 11.6 Å². The SMILES string of the molecule is CCc1cc(C#N)ccc1NC1C(=O)C(=O)C1NCCC(C)(C)C. The van der Waals surface area contributed by atoms with E-state index in [1.54, 1.807) is 12.1 Å². The summed E-state index contributed by atoms with van der Waals surface area (Å²) < 4.78 is 0. The molecule has 0 bridgehead atoms. The number of ketones is 2. The van der Waals surface area contributed by atoms with Gasteiger partial charge >= 0.3 is 0 Å². The molecule has 0 aliphatic heterocycles. The lowest BCUT2D eigenvalue weighted by atomic mass is 9.82. The number of benzene rings is 1. The fourth-order valence-corrected chi connectivity index (χ4v) is 2.74. The van der Waals surface area contributed by atoms with Gasteiger partial charge in [-0.2, -0.15) is 5.26 Å². The van der Waals surface area contributed by atoms with Crippen LogP contribution in [0.4, 0.5) is 5.69 Å². The number of carbonyl (C=O) groups is 2. The van der Waals surface area contributed by atoms with E-state index >= 15 is 0 Å². The molecule has 0 aromatic heterocycles. The van der Waals surface area contributed by atoms with E-state index in [0.29, 0.717) is 12.1 Å². The predicted molar refractivity (Wildman–Crippen MR) is 93.8 cm³/mol. The van der Waals surface area contributed by atoms with E-state index in [4.69, 9.17) is 5.26 Å². The van der Waals surface area contributed by atoms with Crippen molar-refractivity contribution in [3.63, 3.8) is 0 Å². The number of hydrogen-bond donors (Lipinski definition) is 2. The fourth-order valence-electron chi connectivity index (χ4n) is 2.74. The van der Waals surface area contributed by atoms with Gasteiger partial charge in [0.25, 0.3) is 0 Å². The van der Waals surface area contributed by atoms with Crippen LogP contribution in [0.2, 0.25) is 0 Å². The van der Waals surface area contributed by atoms with Crippen molar-refractivity contribution in [2.45, 2.75) is 52.6 Å². The highest BCUT2D eigenvalue weighted by Crippen LogP contribution is 2.24. The zero-order chi connectivity index (χ0) is 17.9. The summed E-state index contributed by atoms with van der Waals surface area (Å²) >= 11 is 0. The van der Waals surface area contributed by atoms with Crippen LogP contribution in [0.3, 0.4) is 0 Å². The van der Waals surface area contributed by atoms with Crippen LogP contribution in [0.15, 0.2) is 18.2 Å². The third-order valence-corrected chi connectivity index (χ3v) is 4.31. The number of anilines is 1. The highest BCUT2D eigenvalue weighted by molar-refractivity contribution is 6.49. The molecule has 0 heterocycles. The van der Waals surface area contributed by atoms with E-state index in [1.165, 1.54) is 0 Å². The Kier molecular flexibility index (Phi) is 5.40. The first-order valence-electron chi connectivity index (χ1n) is 8.38. The Morgan fingerprint density at radius 2 is 1.83 bits per heavy atom. The molecular formula is C19H25N3O2. The monoisotopic (exact) mass is 327 g/mol. The van der Waals surface area contributed by atoms with E-state index in [9.17, 15) is 9.59 Å². The number of aryl methyl sites for hydroxylation is 1. The van der Waals surface area contributed by atoms with E-state index in [-0.39, 0.29) is 17.0 Å². The van der Waals surface area contributed by atoms with E-state index in [0.717, 1.165) is 24.1 Å². The maximum atomic E-state index is 12.0. The molecule has 1 fully saturated rings. The van der Waals surface area contributed by atoms with E-state index in [1.807, 2.05) is 13.0 Å². The maximum Gasteiger partial charge on any atom is 0.224 e. The molecule has 2 rings (SSSR count). The minimum Gasteiger partial charge on any atom is -0.373 e. The lowest BCUT2D eigenvalue weighted by Crippen LogP contribution is -2.67. The summed E-state index contributed by atoms with van der Waals surface area (Å²) in [4.78, 5) is 23.8. The molecule has 0 radical (unpaired) electrons. The van der Waals surface area contributed by atoms with Crippen molar-refractivity contribution in [2.24, 2.45) is 5.41 Å². The summed E-state index contributed by atoms with van der Waals surface area (Å²) in [5, 5.41) is 15.4. The van der Waals surface area contributed by atoms with Crippen molar-refractivity contribution in [3.05, 3.63) is 29.3 Å². The maximum absolute atomic E-state index is 12.0. The number of Topliss-reactive ketones (excluding diaryl/α,β-unsaturated/α-hetero) is 2. The summed E-state index contributed by atoms with van der Waals surface area (Å²) in [5.41, 5.74) is 2.54. The molecule has 5 heteroatoms. The Morgan fingerprint density at radius 3 is 2.42 bits per heavy atom. The van der Waals surface area contributed by atoms with Crippen LogP contribution in [0.1, 0.15) is 45.2 Å². The zero-order valence-corrected chi connectivity index (χ0v) is 14.8. The predicted octanol–water partition coefficient (Wildman–Crippen LogP) is 2.45.